The molecule has 2 aromatic rings. The highest BCUT2D eigenvalue weighted by Crippen LogP contribution is 2.42. The molecule has 4 nitrogen and oxygen atoms in total. The summed E-state index contributed by atoms with van der Waals surface area (Å²) in [5.41, 5.74) is 0. The fourth-order valence-electron chi connectivity index (χ4n) is 2.29. The second kappa shape index (κ2) is 6.83. The van der Waals surface area contributed by atoms with Crippen molar-refractivity contribution in [2.45, 2.75) is 19.4 Å². The van der Waals surface area contributed by atoms with Crippen molar-refractivity contribution in [1.29, 1.82) is 0 Å². The molecule has 0 fully saturated rings. The fraction of sp³-hybridized carbons (Fsp3) is 0.375. The maximum absolute atomic E-state index is 6.21. The van der Waals surface area contributed by atoms with Crippen molar-refractivity contribution in [3.63, 3.8) is 0 Å². The minimum absolute atomic E-state index is 0.0275. The van der Waals surface area contributed by atoms with Crippen LogP contribution in [0.5, 0.6) is 17.2 Å². The molecule has 1 unspecified atom stereocenters. The van der Waals surface area contributed by atoms with Gasteiger partial charge in [0.1, 0.15) is 6.10 Å². The molecule has 1 aliphatic rings. The molecule has 1 aromatic carbocycles. The summed E-state index contributed by atoms with van der Waals surface area (Å²) in [6.07, 6.45) is 0.943. The van der Waals surface area contributed by atoms with Crippen molar-refractivity contribution in [3.05, 3.63) is 40.6 Å². The van der Waals surface area contributed by atoms with Gasteiger partial charge in [-0.1, -0.05) is 19.1 Å². The zero-order valence-corrected chi connectivity index (χ0v) is 12.8. The van der Waals surface area contributed by atoms with Gasteiger partial charge in [-0.2, -0.15) is 0 Å². The molecule has 0 amide bonds. The van der Waals surface area contributed by atoms with Crippen molar-refractivity contribution >= 4 is 11.3 Å². The first kappa shape index (κ1) is 14.2. The highest BCUT2D eigenvalue weighted by molar-refractivity contribution is 7.10. The van der Waals surface area contributed by atoms with Crippen LogP contribution in [0.25, 0.3) is 0 Å². The molecule has 1 aliphatic heterocycles. The maximum atomic E-state index is 6.21. The Balaban J connectivity index is 1.77. The third kappa shape index (κ3) is 3.31. The lowest BCUT2D eigenvalue weighted by atomic mass is 10.2. The average Bonchev–Trinajstić information content (AvgIpc) is 3.18. The summed E-state index contributed by atoms with van der Waals surface area (Å²) in [5.74, 6) is 2.21. The number of fused-ring (bicyclic) bond motifs is 1. The van der Waals surface area contributed by atoms with E-state index in [1.165, 1.54) is 4.88 Å². The summed E-state index contributed by atoms with van der Waals surface area (Å²) in [6, 6.07) is 9.93. The number of nitrogens with one attached hydrogen (secondary N) is 1. The van der Waals surface area contributed by atoms with Gasteiger partial charge < -0.3 is 19.5 Å². The summed E-state index contributed by atoms with van der Waals surface area (Å²) in [6.45, 7) is 4.26. The zero-order valence-electron chi connectivity index (χ0n) is 12.0. The van der Waals surface area contributed by atoms with Gasteiger partial charge in [0, 0.05) is 11.3 Å². The number of thiophene rings is 1. The SMILES string of the molecule is CCNCCC(Oc1cccc2c1OCO2)c1cccs1. The molecular weight excluding hydrogens is 286 g/mol. The minimum Gasteiger partial charge on any atom is -0.481 e. The van der Waals surface area contributed by atoms with E-state index < -0.39 is 0 Å². The van der Waals surface area contributed by atoms with Crippen LogP contribution in [-0.4, -0.2) is 19.9 Å². The van der Waals surface area contributed by atoms with E-state index in [0.717, 1.165) is 31.0 Å². The topological polar surface area (TPSA) is 39.7 Å². The van der Waals surface area contributed by atoms with Gasteiger partial charge in [-0.05, 0) is 36.7 Å². The quantitative estimate of drug-likeness (QED) is 0.794. The van der Waals surface area contributed by atoms with Crippen molar-refractivity contribution < 1.29 is 14.2 Å². The van der Waals surface area contributed by atoms with Crippen molar-refractivity contribution in [3.8, 4) is 17.2 Å². The van der Waals surface area contributed by atoms with Gasteiger partial charge in [0.15, 0.2) is 11.5 Å². The van der Waals surface area contributed by atoms with E-state index in [-0.39, 0.29) is 12.9 Å². The van der Waals surface area contributed by atoms with Crippen LogP contribution in [-0.2, 0) is 0 Å². The fourth-order valence-corrected chi connectivity index (χ4v) is 3.08. The lowest BCUT2D eigenvalue weighted by Crippen LogP contribution is -2.19. The Morgan fingerprint density at radius 3 is 3.05 bits per heavy atom. The van der Waals surface area contributed by atoms with E-state index in [4.69, 9.17) is 14.2 Å². The molecule has 1 N–H and O–H groups in total. The van der Waals surface area contributed by atoms with Gasteiger partial charge in [-0.3, -0.25) is 0 Å². The second-order valence-corrected chi connectivity index (χ2v) is 5.73. The second-order valence-electron chi connectivity index (χ2n) is 4.75. The van der Waals surface area contributed by atoms with Crippen molar-refractivity contribution in [2.75, 3.05) is 19.9 Å². The molecule has 0 saturated carbocycles. The molecule has 0 saturated heterocycles. The Kier molecular flexibility index (Phi) is 4.62. The van der Waals surface area contributed by atoms with Gasteiger partial charge >= 0.3 is 0 Å². The van der Waals surface area contributed by atoms with E-state index in [0.29, 0.717) is 5.75 Å². The van der Waals surface area contributed by atoms with Crippen LogP contribution in [0.2, 0.25) is 0 Å². The number of para-hydroxylation sites is 1. The molecule has 5 heteroatoms. The molecule has 0 aliphatic carbocycles. The Hall–Kier alpha value is -1.72. The molecular formula is C16H19NO3S. The smallest absolute Gasteiger partial charge is 0.231 e. The zero-order chi connectivity index (χ0) is 14.5. The Morgan fingerprint density at radius 1 is 1.29 bits per heavy atom. The highest BCUT2D eigenvalue weighted by atomic mass is 32.1. The third-order valence-corrected chi connectivity index (χ3v) is 4.29. The summed E-state index contributed by atoms with van der Waals surface area (Å²) in [7, 11) is 0. The number of benzene rings is 1. The maximum Gasteiger partial charge on any atom is 0.231 e. The lowest BCUT2D eigenvalue weighted by Gasteiger charge is -2.19. The van der Waals surface area contributed by atoms with E-state index in [9.17, 15) is 0 Å². The van der Waals surface area contributed by atoms with Crippen LogP contribution in [0.15, 0.2) is 35.7 Å². The summed E-state index contributed by atoms with van der Waals surface area (Å²) < 4.78 is 17.1. The van der Waals surface area contributed by atoms with Gasteiger partial charge in [0.05, 0.1) is 0 Å². The van der Waals surface area contributed by atoms with Gasteiger partial charge in [0.25, 0.3) is 0 Å². The molecule has 3 rings (SSSR count). The predicted octanol–water partition coefficient (Wildman–Crippen LogP) is 3.60. The minimum atomic E-state index is 0.0275. The van der Waals surface area contributed by atoms with Gasteiger partial charge in [-0.25, -0.2) is 0 Å². The van der Waals surface area contributed by atoms with Crippen LogP contribution in [0.3, 0.4) is 0 Å². The molecule has 1 atom stereocenters. The number of rotatable bonds is 7. The average molecular weight is 305 g/mol. The number of hydrogen-bond acceptors (Lipinski definition) is 5. The van der Waals surface area contributed by atoms with Crippen molar-refractivity contribution in [1.82, 2.24) is 5.32 Å². The largest absolute Gasteiger partial charge is 0.481 e. The first-order valence-corrected chi connectivity index (χ1v) is 8.06. The summed E-state index contributed by atoms with van der Waals surface area (Å²) in [4.78, 5) is 1.23. The van der Waals surface area contributed by atoms with Crippen LogP contribution in [0, 0.1) is 0 Å². The third-order valence-electron chi connectivity index (χ3n) is 3.32. The summed E-state index contributed by atoms with van der Waals surface area (Å²) >= 11 is 1.72. The van der Waals surface area contributed by atoms with E-state index >= 15 is 0 Å². The first-order valence-electron chi connectivity index (χ1n) is 7.18. The van der Waals surface area contributed by atoms with E-state index in [1.807, 2.05) is 18.2 Å². The van der Waals surface area contributed by atoms with Crippen LogP contribution < -0.4 is 19.5 Å². The van der Waals surface area contributed by atoms with Crippen LogP contribution in [0.1, 0.15) is 24.3 Å². The number of hydrogen-bond donors (Lipinski definition) is 1. The molecule has 2 heterocycles. The molecule has 21 heavy (non-hydrogen) atoms. The standard InChI is InChI=1S/C16H19NO3S/c1-2-17-9-8-12(15-7-4-10-21-15)20-14-6-3-5-13-16(14)19-11-18-13/h3-7,10,12,17H,2,8-9,11H2,1H3. The monoisotopic (exact) mass is 305 g/mol. The first-order chi connectivity index (χ1) is 10.4. The molecule has 0 radical (unpaired) electrons. The molecule has 1 aromatic heterocycles. The van der Waals surface area contributed by atoms with Crippen LogP contribution >= 0.6 is 11.3 Å². The Morgan fingerprint density at radius 2 is 2.24 bits per heavy atom. The number of ether oxygens (including phenoxy) is 3. The highest BCUT2D eigenvalue weighted by Gasteiger charge is 2.22. The molecule has 0 spiro atoms. The predicted molar refractivity (Wildman–Crippen MR) is 83.4 cm³/mol. The van der Waals surface area contributed by atoms with Crippen LogP contribution in [0.4, 0.5) is 0 Å². The normalized spacial score (nSPS) is 14.1. The van der Waals surface area contributed by atoms with E-state index in [1.54, 1.807) is 11.3 Å². The lowest BCUT2D eigenvalue weighted by molar-refractivity contribution is 0.159. The Labute approximate surface area is 128 Å². The Bertz CT molecular complexity index is 571. The van der Waals surface area contributed by atoms with Gasteiger partial charge in [0.2, 0.25) is 12.5 Å². The van der Waals surface area contributed by atoms with E-state index in [2.05, 4.69) is 29.8 Å². The molecule has 112 valence electrons. The van der Waals surface area contributed by atoms with Crippen molar-refractivity contribution in [2.24, 2.45) is 0 Å². The summed E-state index contributed by atoms with van der Waals surface area (Å²) in [5, 5.41) is 5.42. The van der Waals surface area contributed by atoms with Gasteiger partial charge in [-0.15, -0.1) is 11.3 Å². The molecule has 0 bridgehead atoms.